The van der Waals surface area contributed by atoms with Gasteiger partial charge in [0, 0.05) is 12.5 Å². The largest absolute Gasteiger partial charge is 0.393 e. The fraction of sp³-hybridized carbons (Fsp3) is 0.438. The molecule has 3 nitrogen and oxygen atoms in total. The standard InChI is InChI=1S/C16H21NO2/c1-4-13-10-17(16(19)15(13)12(3)18)11(2)14-8-6-5-7-9-14/h4-9,11-13,15,18H,1,10H2,2-3H3/t11-,12+,13+,15-/m1/s1. The van der Waals surface area contributed by atoms with Gasteiger partial charge in [-0.25, -0.2) is 0 Å². The van der Waals surface area contributed by atoms with E-state index in [0.717, 1.165) is 5.56 Å². The van der Waals surface area contributed by atoms with E-state index in [-0.39, 0.29) is 23.8 Å². The minimum Gasteiger partial charge on any atom is -0.393 e. The minimum absolute atomic E-state index is 0.0243. The van der Waals surface area contributed by atoms with E-state index in [1.54, 1.807) is 13.0 Å². The first-order chi connectivity index (χ1) is 9.06. The van der Waals surface area contributed by atoms with Crippen LogP contribution in [-0.2, 0) is 4.79 Å². The summed E-state index contributed by atoms with van der Waals surface area (Å²) in [5.74, 6) is -0.307. The molecule has 1 amide bonds. The quantitative estimate of drug-likeness (QED) is 0.843. The van der Waals surface area contributed by atoms with Gasteiger partial charge >= 0.3 is 0 Å². The van der Waals surface area contributed by atoms with Crippen LogP contribution in [0.5, 0.6) is 0 Å². The number of amides is 1. The molecule has 0 aromatic heterocycles. The molecule has 1 N–H and O–H groups in total. The number of carbonyl (C=O) groups is 1. The van der Waals surface area contributed by atoms with Crippen molar-refractivity contribution in [3.8, 4) is 0 Å². The van der Waals surface area contributed by atoms with Crippen molar-refractivity contribution in [3.63, 3.8) is 0 Å². The summed E-state index contributed by atoms with van der Waals surface area (Å²) in [5.41, 5.74) is 1.12. The zero-order chi connectivity index (χ0) is 14.0. The van der Waals surface area contributed by atoms with Crippen LogP contribution in [0.15, 0.2) is 43.0 Å². The molecule has 1 aromatic carbocycles. The lowest BCUT2D eigenvalue weighted by molar-refractivity contribution is -0.135. The van der Waals surface area contributed by atoms with Crippen molar-refractivity contribution < 1.29 is 9.90 Å². The van der Waals surface area contributed by atoms with Crippen molar-refractivity contribution in [1.29, 1.82) is 0 Å². The van der Waals surface area contributed by atoms with E-state index >= 15 is 0 Å². The second-order valence-corrected chi connectivity index (χ2v) is 5.24. The summed E-state index contributed by atoms with van der Waals surface area (Å²) in [4.78, 5) is 14.3. The van der Waals surface area contributed by atoms with Gasteiger partial charge in [0.05, 0.1) is 18.1 Å². The van der Waals surface area contributed by atoms with Gasteiger partial charge in [0.25, 0.3) is 0 Å². The molecule has 1 aliphatic heterocycles. The summed E-state index contributed by atoms with van der Waals surface area (Å²) in [7, 11) is 0. The highest BCUT2D eigenvalue weighted by Gasteiger charge is 2.43. The second-order valence-electron chi connectivity index (χ2n) is 5.24. The molecule has 4 atom stereocenters. The maximum absolute atomic E-state index is 12.4. The second kappa shape index (κ2) is 5.57. The Kier molecular flexibility index (Phi) is 4.05. The van der Waals surface area contributed by atoms with Crippen LogP contribution in [-0.4, -0.2) is 28.6 Å². The normalized spacial score (nSPS) is 26.3. The van der Waals surface area contributed by atoms with Crippen LogP contribution in [0.3, 0.4) is 0 Å². The van der Waals surface area contributed by atoms with Crippen molar-refractivity contribution in [2.24, 2.45) is 11.8 Å². The highest BCUT2D eigenvalue weighted by Crippen LogP contribution is 2.34. The molecular formula is C16H21NO2. The molecule has 19 heavy (non-hydrogen) atoms. The molecule has 3 heteroatoms. The smallest absolute Gasteiger partial charge is 0.229 e. The predicted molar refractivity (Wildman–Crippen MR) is 75.4 cm³/mol. The van der Waals surface area contributed by atoms with E-state index in [1.807, 2.05) is 42.2 Å². The maximum atomic E-state index is 12.4. The van der Waals surface area contributed by atoms with E-state index < -0.39 is 6.10 Å². The van der Waals surface area contributed by atoms with Crippen LogP contribution >= 0.6 is 0 Å². The zero-order valence-electron chi connectivity index (χ0n) is 11.5. The zero-order valence-corrected chi connectivity index (χ0v) is 11.5. The highest BCUT2D eigenvalue weighted by molar-refractivity contribution is 5.82. The van der Waals surface area contributed by atoms with Gasteiger partial charge in [-0.05, 0) is 19.4 Å². The molecule has 0 radical (unpaired) electrons. The van der Waals surface area contributed by atoms with Gasteiger partial charge in [-0.2, -0.15) is 0 Å². The van der Waals surface area contributed by atoms with Gasteiger partial charge < -0.3 is 10.0 Å². The van der Waals surface area contributed by atoms with E-state index in [4.69, 9.17) is 0 Å². The Morgan fingerprint density at radius 2 is 2.00 bits per heavy atom. The lowest BCUT2D eigenvalue weighted by Gasteiger charge is -2.25. The first kappa shape index (κ1) is 13.8. The molecule has 1 aromatic rings. The van der Waals surface area contributed by atoms with Crippen molar-refractivity contribution in [2.75, 3.05) is 6.54 Å². The highest BCUT2D eigenvalue weighted by atomic mass is 16.3. The Balaban J connectivity index is 2.22. The third kappa shape index (κ3) is 2.56. The van der Waals surface area contributed by atoms with Gasteiger partial charge in [-0.3, -0.25) is 4.79 Å². The maximum Gasteiger partial charge on any atom is 0.229 e. The number of carbonyl (C=O) groups excluding carboxylic acids is 1. The number of aliphatic hydroxyl groups excluding tert-OH is 1. The van der Waals surface area contributed by atoms with Crippen molar-refractivity contribution in [1.82, 2.24) is 4.90 Å². The Morgan fingerprint density at radius 1 is 1.37 bits per heavy atom. The van der Waals surface area contributed by atoms with Crippen LogP contribution in [0.2, 0.25) is 0 Å². The van der Waals surface area contributed by atoms with Crippen molar-refractivity contribution in [2.45, 2.75) is 26.0 Å². The summed E-state index contributed by atoms with van der Waals surface area (Å²) < 4.78 is 0. The topological polar surface area (TPSA) is 40.5 Å². The first-order valence-corrected chi connectivity index (χ1v) is 6.72. The van der Waals surface area contributed by atoms with E-state index in [1.165, 1.54) is 0 Å². The van der Waals surface area contributed by atoms with Crippen LogP contribution in [0.4, 0.5) is 0 Å². The SMILES string of the molecule is C=C[C@H]1CN([C@H](C)c2ccccc2)C(=O)[C@@H]1[C@H](C)O. The molecule has 0 unspecified atom stereocenters. The van der Waals surface area contributed by atoms with Gasteiger partial charge in [0.1, 0.15) is 0 Å². The molecule has 1 fully saturated rings. The number of aliphatic hydroxyl groups is 1. The Morgan fingerprint density at radius 3 is 2.47 bits per heavy atom. The lowest BCUT2D eigenvalue weighted by Crippen LogP contribution is -2.33. The fourth-order valence-electron chi connectivity index (χ4n) is 2.85. The van der Waals surface area contributed by atoms with E-state index in [0.29, 0.717) is 6.54 Å². The van der Waals surface area contributed by atoms with Crippen molar-refractivity contribution >= 4 is 5.91 Å². The number of hydrogen-bond donors (Lipinski definition) is 1. The van der Waals surface area contributed by atoms with Gasteiger partial charge in [0.2, 0.25) is 5.91 Å². The van der Waals surface area contributed by atoms with Crippen molar-refractivity contribution in [3.05, 3.63) is 48.6 Å². The average molecular weight is 259 g/mol. The molecule has 1 heterocycles. The molecule has 1 aliphatic rings. The number of nitrogens with zero attached hydrogens (tertiary/aromatic N) is 1. The monoisotopic (exact) mass is 259 g/mol. The first-order valence-electron chi connectivity index (χ1n) is 6.72. The van der Waals surface area contributed by atoms with Crippen LogP contribution in [0.25, 0.3) is 0 Å². The molecule has 0 bridgehead atoms. The number of hydrogen-bond acceptors (Lipinski definition) is 2. The molecule has 2 rings (SSSR count). The van der Waals surface area contributed by atoms with Gasteiger partial charge in [0.15, 0.2) is 0 Å². The molecule has 102 valence electrons. The van der Waals surface area contributed by atoms with Gasteiger partial charge in [-0.1, -0.05) is 36.4 Å². The molecule has 0 aliphatic carbocycles. The fourth-order valence-corrected chi connectivity index (χ4v) is 2.85. The Hall–Kier alpha value is -1.61. The van der Waals surface area contributed by atoms with Crippen LogP contribution in [0.1, 0.15) is 25.5 Å². The summed E-state index contributed by atoms with van der Waals surface area (Å²) in [6.45, 7) is 8.12. The van der Waals surface area contributed by atoms with Crippen LogP contribution < -0.4 is 0 Å². The Bertz CT molecular complexity index is 455. The summed E-state index contributed by atoms with van der Waals surface area (Å²) in [5, 5.41) is 9.80. The third-order valence-electron chi connectivity index (χ3n) is 4.01. The van der Waals surface area contributed by atoms with Gasteiger partial charge in [-0.15, -0.1) is 6.58 Å². The average Bonchev–Trinajstić information content (AvgIpc) is 2.76. The predicted octanol–water partition coefficient (Wildman–Crippen LogP) is 2.39. The molecular weight excluding hydrogens is 238 g/mol. The Labute approximate surface area is 114 Å². The molecule has 0 saturated carbocycles. The number of benzene rings is 1. The summed E-state index contributed by atoms with van der Waals surface area (Å²) in [6.07, 6.45) is 1.15. The summed E-state index contributed by atoms with van der Waals surface area (Å²) in [6, 6.07) is 9.99. The lowest BCUT2D eigenvalue weighted by atomic mass is 9.91. The molecule has 0 spiro atoms. The number of rotatable bonds is 4. The van der Waals surface area contributed by atoms with Crippen LogP contribution in [0, 0.1) is 11.8 Å². The van der Waals surface area contributed by atoms with E-state index in [2.05, 4.69) is 6.58 Å². The number of likely N-dealkylation sites (tertiary alicyclic amines) is 1. The molecule has 1 saturated heterocycles. The third-order valence-corrected chi connectivity index (χ3v) is 4.01. The van der Waals surface area contributed by atoms with E-state index in [9.17, 15) is 9.90 Å². The summed E-state index contributed by atoms with van der Waals surface area (Å²) >= 11 is 0. The minimum atomic E-state index is -0.636.